The Bertz CT molecular complexity index is 837. The van der Waals surface area contributed by atoms with Crippen molar-refractivity contribution in [1.82, 2.24) is 5.16 Å². The number of piperazine rings is 1. The number of aromatic nitrogens is 1. The molecule has 0 amide bonds. The first-order valence-electron chi connectivity index (χ1n) is 7.83. The second-order valence-electron chi connectivity index (χ2n) is 5.88. The van der Waals surface area contributed by atoms with Gasteiger partial charge in [0.05, 0.1) is 10.4 Å². The Labute approximate surface area is 140 Å². The average molecular weight is 328 g/mol. The van der Waals surface area contributed by atoms with Crippen molar-refractivity contribution in [2.45, 2.75) is 6.92 Å². The van der Waals surface area contributed by atoms with E-state index in [4.69, 9.17) is 16.1 Å². The lowest BCUT2D eigenvalue weighted by Gasteiger charge is -2.36. The molecular weight excluding hydrogens is 310 g/mol. The highest BCUT2D eigenvalue weighted by Crippen LogP contribution is 2.32. The topological polar surface area (TPSA) is 32.5 Å². The third-order valence-corrected chi connectivity index (χ3v) is 4.76. The Morgan fingerprint density at radius 1 is 0.957 bits per heavy atom. The molecule has 0 aliphatic carbocycles. The zero-order valence-electron chi connectivity index (χ0n) is 13.0. The van der Waals surface area contributed by atoms with Gasteiger partial charge in [0, 0.05) is 31.9 Å². The number of para-hydroxylation sites is 2. The molecular formula is C18H18ClN3O. The summed E-state index contributed by atoms with van der Waals surface area (Å²) in [5, 5.41) is 5.84. The number of benzene rings is 2. The van der Waals surface area contributed by atoms with Gasteiger partial charge < -0.3 is 14.3 Å². The van der Waals surface area contributed by atoms with Gasteiger partial charge in [0.1, 0.15) is 0 Å². The second kappa shape index (κ2) is 5.78. The van der Waals surface area contributed by atoms with Gasteiger partial charge in [-0.25, -0.2) is 0 Å². The fourth-order valence-electron chi connectivity index (χ4n) is 3.22. The quantitative estimate of drug-likeness (QED) is 0.709. The molecule has 0 spiro atoms. The molecule has 2 aromatic carbocycles. The van der Waals surface area contributed by atoms with Crippen LogP contribution in [0.4, 0.5) is 11.5 Å². The largest absolute Gasteiger partial charge is 0.368 e. The Morgan fingerprint density at radius 3 is 2.48 bits per heavy atom. The number of aryl methyl sites for hydroxylation is 1. The molecule has 0 bridgehead atoms. The molecule has 0 N–H and O–H groups in total. The van der Waals surface area contributed by atoms with Crippen LogP contribution in [0, 0.1) is 6.92 Å². The smallest absolute Gasteiger partial charge is 0.187 e. The first-order chi connectivity index (χ1) is 11.2. The maximum atomic E-state index is 6.17. The molecule has 1 aromatic heterocycles. The predicted octanol–water partition coefficient (Wildman–Crippen LogP) is 4.12. The van der Waals surface area contributed by atoms with Crippen LogP contribution < -0.4 is 9.80 Å². The fraction of sp³-hybridized carbons (Fsp3) is 0.278. The van der Waals surface area contributed by atoms with E-state index in [-0.39, 0.29) is 0 Å². The minimum absolute atomic E-state index is 0.611. The number of halogens is 1. The van der Waals surface area contributed by atoms with E-state index in [0.29, 0.717) is 10.6 Å². The van der Waals surface area contributed by atoms with E-state index < -0.39 is 0 Å². The summed E-state index contributed by atoms with van der Waals surface area (Å²) in [5.41, 5.74) is 3.31. The Balaban J connectivity index is 1.55. The van der Waals surface area contributed by atoms with E-state index in [1.165, 1.54) is 11.3 Å². The molecule has 1 fully saturated rings. The summed E-state index contributed by atoms with van der Waals surface area (Å²) in [6.45, 7) is 5.94. The number of nitrogens with zero attached hydrogens (tertiary/aromatic N) is 3. The highest BCUT2D eigenvalue weighted by atomic mass is 35.5. The molecule has 0 saturated carbocycles. The minimum Gasteiger partial charge on any atom is -0.368 e. The van der Waals surface area contributed by atoms with Crippen LogP contribution in [-0.2, 0) is 0 Å². The van der Waals surface area contributed by atoms with E-state index >= 15 is 0 Å². The van der Waals surface area contributed by atoms with Crippen molar-refractivity contribution in [3.63, 3.8) is 0 Å². The van der Waals surface area contributed by atoms with Crippen LogP contribution in [0.3, 0.4) is 0 Å². The van der Waals surface area contributed by atoms with Gasteiger partial charge in [0.2, 0.25) is 0 Å². The van der Waals surface area contributed by atoms with Crippen molar-refractivity contribution >= 4 is 34.1 Å². The second-order valence-corrected chi connectivity index (χ2v) is 6.29. The van der Waals surface area contributed by atoms with Gasteiger partial charge in [-0.05, 0) is 30.7 Å². The standard InChI is InChI=1S/C18H18ClN3O/c1-13-5-2-3-8-16(13)21-9-11-22(12-10-21)18-14-6-4-7-15(19)17(14)23-20-18/h2-8H,9-12H2,1H3. The van der Waals surface area contributed by atoms with Gasteiger partial charge in [0.15, 0.2) is 11.4 Å². The Kier molecular flexibility index (Phi) is 3.62. The zero-order chi connectivity index (χ0) is 15.8. The third-order valence-electron chi connectivity index (χ3n) is 4.47. The molecule has 2 heterocycles. The lowest BCUT2D eigenvalue weighted by atomic mass is 10.1. The lowest BCUT2D eigenvalue weighted by molar-refractivity contribution is 0.453. The van der Waals surface area contributed by atoms with Gasteiger partial charge in [-0.15, -0.1) is 0 Å². The van der Waals surface area contributed by atoms with Crippen molar-refractivity contribution in [2.75, 3.05) is 36.0 Å². The van der Waals surface area contributed by atoms with Crippen molar-refractivity contribution < 1.29 is 4.52 Å². The van der Waals surface area contributed by atoms with Gasteiger partial charge in [-0.2, -0.15) is 0 Å². The van der Waals surface area contributed by atoms with Crippen LogP contribution in [0.25, 0.3) is 11.0 Å². The number of hydrogen-bond acceptors (Lipinski definition) is 4. The first-order valence-corrected chi connectivity index (χ1v) is 8.21. The highest BCUT2D eigenvalue weighted by Gasteiger charge is 2.23. The van der Waals surface area contributed by atoms with Crippen LogP contribution in [-0.4, -0.2) is 31.3 Å². The summed E-state index contributed by atoms with van der Waals surface area (Å²) < 4.78 is 5.43. The van der Waals surface area contributed by atoms with Gasteiger partial charge in [-0.3, -0.25) is 0 Å². The van der Waals surface area contributed by atoms with Crippen LogP contribution in [0.2, 0.25) is 5.02 Å². The SMILES string of the molecule is Cc1ccccc1N1CCN(c2noc3c(Cl)cccc23)CC1. The van der Waals surface area contributed by atoms with Crippen LogP contribution in [0.5, 0.6) is 0 Å². The molecule has 5 heteroatoms. The summed E-state index contributed by atoms with van der Waals surface area (Å²) in [7, 11) is 0. The zero-order valence-corrected chi connectivity index (χ0v) is 13.8. The molecule has 1 saturated heterocycles. The van der Waals surface area contributed by atoms with Crippen LogP contribution in [0.15, 0.2) is 47.0 Å². The predicted molar refractivity (Wildman–Crippen MR) is 94.6 cm³/mol. The first kappa shape index (κ1) is 14.4. The molecule has 0 atom stereocenters. The highest BCUT2D eigenvalue weighted by molar-refractivity contribution is 6.35. The molecule has 0 unspecified atom stereocenters. The average Bonchev–Trinajstić information content (AvgIpc) is 3.01. The van der Waals surface area contributed by atoms with Crippen LogP contribution in [0.1, 0.15) is 5.56 Å². The van der Waals surface area contributed by atoms with Gasteiger partial charge in [-0.1, -0.05) is 41.0 Å². The maximum absolute atomic E-state index is 6.17. The molecule has 23 heavy (non-hydrogen) atoms. The number of fused-ring (bicyclic) bond motifs is 1. The number of hydrogen-bond donors (Lipinski definition) is 0. The molecule has 3 aromatic rings. The Morgan fingerprint density at radius 2 is 1.70 bits per heavy atom. The van der Waals surface area contributed by atoms with Crippen molar-refractivity contribution in [2.24, 2.45) is 0 Å². The third kappa shape index (κ3) is 2.53. The molecule has 0 radical (unpaired) electrons. The fourth-order valence-corrected chi connectivity index (χ4v) is 3.43. The minimum atomic E-state index is 0.611. The van der Waals surface area contributed by atoms with E-state index in [2.05, 4.69) is 46.1 Å². The van der Waals surface area contributed by atoms with Crippen molar-refractivity contribution in [3.8, 4) is 0 Å². The van der Waals surface area contributed by atoms with E-state index in [1.807, 2.05) is 18.2 Å². The summed E-state index contributed by atoms with van der Waals surface area (Å²) in [6.07, 6.45) is 0. The summed E-state index contributed by atoms with van der Waals surface area (Å²) in [4.78, 5) is 4.71. The van der Waals surface area contributed by atoms with Crippen molar-refractivity contribution in [3.05, 3.63) is 53.1 Å². The van der Waals surface area contributed by atoms with Crippen LogP contribution >= 0.6 is 11.6 Å². The Hall–Kier alpha value is -2.20. The normalized spacial score (nSPS) is 15.4. The van der Waals surface area contributed by atoms with E-state index in [9.17, 15) is 0 Å². The number of rotatable bonds is 2. The van der Waals surface area contributed by atoms with E-state index in [0.717, 1.165) is 37.4 Å². The molecule has 1 aliphatic heterocycles. The monoisotopic (exact) mass is 327 g/mol. The molecule has 118 valence electrons. The number of anilines is 2. The van der Waals surface area contributed by atoms with Gasteiger partial charge in [0.25, 0.3) is 0 Å². The maximum Gasteiger partial charge on any atom is 0.187 e. The summed E-state index contributed by atoms with van der Waals surface area (Å²) in [6, 6.07) is 14.3. The van der Waals surface area contributed by atoms with E-state index in [1.54, 1.807) is 0 Å². The lowest BCUT2D eigenvalue weighted by Crippen LogP contribution is -2.47. The van der Waals surface area contributed by atoms with Crippen molar-refractivity contribution in [1.29, 1.82) is 0 Å². The molecule has 1 aliphatic rings. The van der Waals surface area contributed by atoms with Gasteiger partial charge >= 0.3 is 0 Å². The molecule has 4 nitrogen and oxygen atoms in total. The molecule has 4 rings (SSSR count). The summed E-state index contributed by atoms with van der Waals surface area (Å²) in [5.74, 6) is 0.895. The summed E-state index contributed by atoms with van der Waals surface area (Å²) >= 11 is 6.17.